The van der Waals surface area contributed by atoms with Crippen molar-refractivity contribution in [2.75, 3.05) is 42.1 Å². The van der Waals surface area contributed by atoms with Gasteiger partial charge in [-0.15, -0.1) is 0 Å². The monoisotopic (exact) mass is 549 g/mol. The first kappa shape index (κ1) is 28.1. The maximum absolute atomic E-state index is 13.7. The number of fused-ring (bicyclic) bond motifs is 1. The molecule has 1 heterocycles. The van der Waals surface area contributed by atoms with E-state index in [1.165, 1.54) is 38.0 Å². The second-order valence-corrected chi connectivity index (χ2v) is 8.70. The zero-order valence-corrected chi connectivity index (χ0v) is 23.0. The van der Waals surface area contributed by atoms with Crippen LogP contribution in [-0.4, -0.2) is 57.1 Å². The van der Waals surface area contributed by atoms with Crippen molar-refractivity contribution in [2.45, 2.75) is 13.0 Å². The van der Waals surface area contributed by atoms with Crippen molar-refractivity contribution in [3.63, 3.8) is 0 Å². The molecule has 1 amide bonds. The Morgan fingerprint density at radius 1 is 0.775 bits per heavy atom. The first-order chi connectivity index (χ1) is 19.4. The molecule has 0 unspecified atom stereocenters. The van der Waals surface area contributed by atoms with Crippen molar-refractivity contribution in [3.05, 3.63) is 81.0 Å². The van der Waals surface area contributed by atoms with E-state index in [0.717, 1.165) is 10.1 Å². The van der Waals surface area contributed by atoms with Gasteiger partial charge in [-0.05, 0) is 36.2 Å². The summed E-state index contributed by atoms with van der Waals surface area (Å²) in [6.07, 6.45) is 0.534. The summed E-state index contributed by atoms with van der Waals surface area (Å²) >= 11 is 0. The number of nitrogens with one attached hydrogen (secondary N) is 1. The van der Waals surface area contributed by atoms with Crippen LogP contribution in [0.2, 0.25) is 0 Å². The predicted octanol–water partition coefficient (Wildman–Crippen LogP) is 2.55. The van der Waals surface area contributed by atoms with Crippen LogP contribution in [0.3, 0.4) is 0 Å². The van der Waals surface area contributed by atoms with E-state index in [0.29, 0.717) is 35.7 Å². The molecule has 0 aliphatic carbocycles. The number of hydrogen-bond acceptors (Lipinski definition) is 8. The van der Waals surface area contributed by atoms with Gasteiger partial charge in [0.25, 0.3) is 5.56 Å². The normalized spacial score (nSPS) is 10.7. The van der Waals surface area contributed by atoms with E-state index in [1.54, 1.807) is 44.6 Å². The molecular weight excluding hydrogens is 518 g/mol. The summed E-state index contributed by atoms with van der Waals surface area (Å²) in [5.74, 6) is 1.69. The third-order valence-electron chi connectivity index (χ3n) is 6.44. The van der Waals surface area contributed by atoms with Crippen molar-refractivity contribution in [1.82, 2.24) is 14.5 Å². The first-order valence-electron chi connectivity index (χ1n) is 12.4. The lowest BCUT2D eigenvalue weighted by Crippen LogP contribution is -2.42. The van der Waals surface area contributed by atoms with E-state index < -0.39 is 11.2 Å². The van der Waals surface area contributed by atoms with Crippen LogP contribution >= 0.6 is 0 Å². The minimum absolute atomic E-state index is 0.206. The summed E-state index contributed by atoms with van der Waals surface area (Å²) in [5, 5.41) is 3.12. The summed E-state index contributed by atoms with van der Waals surface area (Å²) in [7, 11) is 7.46. The number of hydrogen-bond donors (Lipinski definition) is 1. The third kappa shape index (κ3) is 5.44. The lowest BCUT2D eigenvalue weighted by Gasteiger charge is -2.17. The average molecular weight is 550 g/mol. The fourth-order valence-electron chi connectivity index (χ4n) is 4.48. The van der Waals surface area contributed by atoms with E-state index >= 15 is 0 Å². The second-order valence-electron chi connectivity index (χ2n) is 8.70. The number of benzene rings is 3. The number of rotatable bonds is 11. The number of methoxy groups -OCH3 is 5. The number of carbonyl (C=O) groups excluding carboxylic acids is 1. The quantitative estimate of drug-likeness (QED) is 0.303. The summed E-state index contributed by atoms with van der Waals surface area (Å²) in [4.78, 5) is 40.2. The third-order valence-corrected chi connectivity index (χ3v) is 6.44. The van der Waals surface area contributed by atoms with Crippen LogP contribution in [0.15, 0.2) is 64.2 Å². The van der Waals surface area contributed by atoms with Crippen LogP contribution in [0.25, 0.3) is 16.6 Å². The minimum atomic E-state index is -0.687. The number of amides is 1. The standard InChI is InChI=1S/C29H31N3O8/c1-36-22-11-10-18(14-23(22)37-2)12-13-30-26(33)17-31-21-9-7-6-8-20(21)28(34)32(29(31)35)19-15-24(38-3)27(40-5)25(16-19)39-4/h6-11,14-16H,12-13,17H2,1-5H3,(H,30,33). The van der Waals surface area contributed by atoms with Gasteiger partial charge in [0, 0.05) is 18.7 Å². The van der Waals surface area contributed by atoms with Crippen LogP contribution in [0.1, 0.15) is 5.56 Å². The molecule has 0 fully saturated rings. The van der Waals surface area contributed by atoms with Crippen molar-refractivity contribution >= 4 is 16.8 Å². The van der Waals surface area contributed by atoms with Gasteiger partial charge >= 0.3 is 5.69 Å². The molecular formula is C29H31N3O8. The Kier molecular flexibility index (Phi) is 8.63. The molecule has 3 aromatic carbocycles. The van der Waals surface area contributed by atoms with Gasteiger partial charge in [0.05, 0.1) is 52.1 Å². The van der Waals surface area contributed by atoms with Gasteiger partial charge < -0.3 is 29.0 Å². The molecule has 40 heavy (non-hydrogen) atoms. The Morgan fingerprint density at radius 3 is 2.05 bits per heavy atom. The average Bonchev–Trinajstić information content (AvgIpc) is 2.98. The molecule has 0 spiro atoms. The minimum Gasteiger partial charge on any atom is -0.493 e. The molecule has 1 aromatic heterocycles. The predicted molar refractivity (Wildman–Crippen MR) is 150 cm³/mol. The SMILES string of the molecule is COc1ccc(CCNC(=O)Cn2c(=O)n(-c3cc(OC)c(OC)c(OC)c3)c(=O)c3ccccc32)cc1OC. The van der Waals surface area contributed by atoms with Gasteiger partial charge in [-0.3, -0.25) is 14.2 Å². The summed E-state index contributed by atoms with van der Waals surface area (Å²) < 4.78 is 29.0. The van der Waals surface area contributed by atoms with E-state index in [2.05, 4.69) is 5.32 Å². The zero-order valence-electron chi connectivity index (χ0n) is 23.0. The largest absolute Gasteiger partial charge is 0.493 e. The lowest BCUT2D eigenvalue weighted by molar-refractivity contribution is -0.121. The molecule has 4 aromatic rings. The molecule has 0 saturated carbocycles. The second kappa shape index (κ2) is 12.3. The summed E-state index contributed by atoms with van der Waals surface area (Å²) in [6.45, 7) is 0.0313. The molecule has 0 atom stereocenters. The van der Waals surface area contributed by atoms with Crippen LogP contribution < -0.4 is 40.3 Å². The van der Waals surface area contributed by atoms with Crippen molar-refractivity contribution in [3.8, 4) is 34.4 Å². The van der Waals surface area contributed by atoms with E-state index in [1.807, 2.05) is 12.1 Å². The molecule has 0 radical (unpaired) electrons. The molecule has 0 bridgehead atoms. The number of ether oxygens (including phenoxy) is 5. The highest BCUT2D eigenvalue weighted by atomic mass is 16.5. The number of para-hydroxylation sites is 1. The van der Waals surface area contributed by atoms with Crippen LogP contribution in [0.5, 0.6) is 28.7 Å². The van der Waals surface area contributed by atoms with Crippen LogP contribution in [-0.2, 0) is 17.8 Å². The maximum atomic E-state index is 13.7. The molecule has 210 valence electrons. The maximum Gasteiger partial charge on any atom is 0.336 e. The Balaban J connectivity index is 1.67. The molecule has 0 saturated heterocycles. The molecule has 0 aliphatic heterocycles. The molecule has 4 rings (SSSR count). The van der Waals surface area contributed by atoms with E-state index in [-0.39, 0.29) is 35.0 Å². The van der Waals surface area contributed by atoms with Crippen molar-refractivity contribution in [1.29, 1.82) is 0 Å². The highest BCUT2D eigenvalue weighted by Crippen LogP contribution is 2.39. The Hall–Kier alpha value is -4.93. The van der Waals surface area contributed by atoms with Gasteiger partial charge in [0.1, 0.15) is 6.54 Å². The Bertz CT molecular complexity index is 1630. The van der Waals surface area contributed by atoms with E-state index in [9.17, 15) is 14.4 Å². The fourth-order valence-corrected chi connectivity index (χ4v) is 4.48. The summed E-state index contributed by atoms with van der Waals surface area (Å²) in [6, 6.07) is 15.2. The fraction of sp³-hybridized carbons (Fsp3) is 0.276. The van der Waals surface area contributed by atoms with Gasteiger partial charge in [-0.1, -0.05) is 18.2 Å². The van der Waals surface area contributed by atoms with Gasteiger partial charge in [-0.2, -0.15) is 0 Å². The molecule has 0 aliphatic rings. The van der Waals surface area contributed by atoms with Crippen molar-refractivity contribution in [2.24, 2.45) is 0 Å². The zero-order chi connectivity index (χ0) is 28.8. The van der Waals surface area contributed by atoms with Crippen LogP contribution in [0, 0.1) is 0 Å². The van der Waals surface area contributed by atoms with Gasteiger partial charge in [0.2, 0.25) is 11.7 Å². The van der Waals surface area contributed by atoms with E-state index in [4.69, 9.17) is 23.7 Å². The topological polar surface area (TPSA) is 119 Å². The molecule has 11 nitrogen and oxygen atoms in total. The number of nitrogens with zero attached hydrogens (tertiary/aromatic N) is 2. The highest BCUT2D eigenvalue weighted by Gasteiger charge is 2.20. The number of carbonyl (C=O) groups is 1. The lowest BCUT2D eigenvalue weighted by atomic mass is 10.1. The van der Waals surface area contributed by atoms with Crippen LogP contribution in [0.4, 0.5) is 0 Å². The highest BCUT2D eigenvalue weighted by molar-refractivity contribution is 5.82. The number of aromatic nitrogens is 2. The van der Waals surface area contributed by atoms with Gasteiger partial charge in [0.15, 0.2) is 23.0 Å². The Labute approximate surface area is 230 Å². The molecule has 11 heteroatoms. The first-order valence-corrected chi connectivity index (χ1v) is 12.4. The smallest absolute Gasteiger partial charge is 0.336 e. The van der Waals surface area contributed by atoms with Gasteiger partial charge in [-0.25, -0.2) is 9.36 Å². The Morgan fingerprint density at radius 2 is 1.43 bits per heavy atom. The molecule has 1 N–H and O–H groups in total. The van der Waals surface area contributed by atoms with Crippen molar-refractivity contribution < 1.29 is 28.5 Å². The summed E-state index contributed by atoms with van der Waals surface area (Å²) in [5.41, 5.74) is 0.263.